The Labute approximate surface area is 103 Å². The first-order chi connectivity index (χ1) is 7.84. The van der Waals surface area contributed by atoms with Gasteiger partial charge in [0.1, 0.15) is 5.75 Å². The van der Waals surface area contributed by atoms with Crippen LogP contribution in [0.3, 0.4) is 0 Å². The number of nitrogens with one attached hydrogen (secondary N) is 1. The molecule has 0 atom stereocenters. The molecule has 1 aromatic rings. The van der Waals surface area contributed by atoms with Gasteiger partial charge in [-0.15, -0.1) is 0 Å². The number of phenols is 1. The van der Waals surface area contributed by atoms with E-state index in [4.69, 9.17) is 16.7 Å². The lowest BCUT2D eigenvalue weighted by molar-refractivity contribution is -0.137. The van der Waals surface area contributed by atoms with Crippen LogP contribution >= 0.6 is 11.6 Å². The molecule has 0 radical (unpaired) electrons. The minimum Gasteiger partial charge on any atom is -0.508 e. The number of aromatic hydroxyl groups is 1. The maximum absolute atomic E-state index is 11.5. The van der Waals surface area contributed by atoms with E-state index in [0.717, 1.165) is 7.11 Å². The largest absolute Gasteiger partial charge is 0.508 e. The third kappa shape index (κ3) is 4.12. The molecule has 8 heteroatoms. The summed E-state index contributed by atoms with van der Waals surface area (Å²) >= 11 is 5.70. The number of esters is 1. The highest BCUT2D eigenvalue weighted by Gasteiger charge is 2.18. The van der Waals surface area contributed by atoms with Gasteiger partial charge in [-0.05, 0) is 12.1 Å². The van der Waals surface area contributed by atoms with E-state index in [1.54, 1.807) is 0 Å². The smallest absolute Gasteiger partial charge is 0.322 e. The quantitative estimate of drug-likeness (QED) is 0.632. The Kier molecular flexibility index (Phi) is 4.19. The zero-order chi connectivity index (χ0) is 13.1. The van der Waals surface area contributed by atoms with E-state index >= 15 is 0 Å². The van der Waals surface area contributed by atoms with E-state index < -0.39 is 21.7 Å². The average molecular weight is 280 g/mol. The Morgan fingerprint density at radius 2 is 2.18 bits per heavy atom. The molecule has 0 heterocycles. The molecule has 1 rings (SSSR count). The van der Waals surface area contributed by atoms with Crippen molar-refractivity contribution >= 4 is 33.3 Å². The second-order valence-corrected chi connectivity index (χ2v) is 5.23. The van der Waals surface area contributed by atoms with E-state index in [0.29, 0.717) is 0 Å². The van der Waals surface area contributed by atoms with Crippen molar-refractivity contribution in [3.05, 3.63) is 23.2 Å². The van der Waals surface area contributed by atoms with Crippen molar-refractivity contribution in [3.8, 4) is 5.75 Å². The van der Waals surface area contributed by atoms with Crippen LogP contribution in [0.25, 0.3) is 0 Å². The fourth-order valence-corrected chi connectivity index (χ4v) is 2.30. The maximum Gasteiger partial charge on any atom is 0.322 e. The van der Waals surface area contributed by atoms with Crippen LogP contribution in [0.5, 0.6) is 5.75 Å². The van der Waals surface area contributed by atoms with Gasteiger partial charge in [-0.1, -0.05) is 11.6 Å². The highest BCUT2D eigenvalue weighted by atomic mass is 35.5. The number of hydrogen-bond acceptors (Lipinski definition) is 5. The molecular weight excluding hydrogens is 270 g/mol. The molecular formula is C9H10ClNO5S. The van der Waals surface area contributed by atoms with Crippen LogP contribution in [0.1, 0.15) is 0 Å². The van der Waals surface area contributed by atoms with Crippen molar-refractivity contribution in [2.45, 2.75) is 0 Å². The molecule has 0 fully saturated rings. The Bertz CT molecular complexity index is 528. The number of carbonyl (C=O) groups is 1. The average Bonchev–Trinajstić information content (AvgIpc) is 2.21. The minimum atomic E-state index is -3.87. The van der Waals surface area contributed by atoms with Crippen molar-refractivity contribution in [2.75, 3.05) is 17.6 Å². The minimum absolute atomic E-state index is 0.0263. The molecule has 94 valence electrons. The van der Waals surface area contributed by atoms with Gasteiger partial charge in [0, 0.05) is 6.07 Å². The molecule has 0 aromatic heterocycles. The first-order valence-electron chi connectivity index (χ1n) is 4.40. The predicted octanol–water partition coefficient (Wildman–Crippen LogP) is 0.960. The van der Waals surface area contributed by atoms with Crippen molar-refractivity contribution < 1.29 is 23.1 Å². The van der Waals surface area contributed by atoms with Crippen molar-refractivity contribution in [1.29, 1.82) is 0 Å². The van der Waals surface area contributed by atoms with Crippen molar-refractivity contribution in [1.82, 2.24) is 0 Å². The number of carbonyl (C=O) groups excluding carboxylic acids is 1. The molecule has 0 aliphatic heterocycles. The second-order valence-electron chi connectivity index (χ2n) is 3.10. The molecule has 0 amide bonds. The Morgan fingerprint density at radius 1 is 1.53 bits per heavy atom. The Hall–Kier alpha value is -1.47. The zero-order valence-corrected chi connectivity index (χ0v) is 10.4. The van der Waals surface area contributed by atoms with Gasteiger partial charge in [-0.3, -0.25) is 9.52 Å². The monoisotopic (exact) mass is 279 g/mol. The zero-order valence-electron chi connectivity index (χ0n) is 8.81. The first-order valence-corrected chi connectivity index (χ1v) is 6.43. The van der Waals surface area contributed by atoms with Crippen LogP contribution in [-0.2, 0) is 19.6 Å². The molecule has 0 spiro atoms. The van der Waals surface area contributed by atoms with E-state index in [1.165, 1.54) is 18.2 Å². The highest BCUT2D eigenvalue weighted by molar-refractivity contribution is 7.93. The summed E-state index contributed by atoms with van der Waals surface area (Å²) in [5.41, 5.74) is 0.0772. The Morgan fingerprint density at radius 3 is 2.71 bits per heavy atom. The summed E-state index contributed by atoms with van der Waals surface area (Å²) in [6.45, 7) is 0. The van der Waals surface area contributed by atoms with E-state index in [9.17, 15) is 13.2 Å². The van der Waals surface area contributed by atoms with E-state index in [2.05, 4.69) is 9.46 Å². The highest BCUT2D eigenvalue weighted by Crippen LogP contribution is 2.26. The molecule has 0 aliphatic rings. The fourth-order valence-electron chi connectivity index (χ4n) is 1.00. The molecule has 1 aromatic carbocycles. The van der Waals surface area contributed by atoms with Gasteiger partial charge in [-0.2, -0.15) is 0 Å². The normalized spacial score (nSPS) is 10.9. The lowest BCUT2D eigenvalue weighted by Gasteiger charge is -2.08. The van der Waals surface area contributed by atoms with Gasteiger partial charge in [0.2, 0.25) is 10.0 Å². The van der Waals surface area contributed by atoms with E-state index in [1.807, 2.05) is 0 Å². The summed E-state index contributed by atoms with van der Waals surface area (Å²) in [7, 11) is -2.78. The van der Waals surface area contributed by atoms with Crippen LogP contribution in [0, 0.1) is 0 Å². The van der Waals surface area contributed by atoms with Crippen LogP contribution in [-0.4, -0.2) is 32.4 Å². The fraction of sp³-hybridized carbons (Fsp3) is 0.222. The molecule has 0 unspecified atom stereocenters. The summed E-state index contributed by atoms with van der Waals surface area (Å²) in [5.74, 6) is -1.78. The van der Waals surface area contributed by atoms with Gasteiger partial charge >= 0.3 is 5.97 Å². The topological polar surface area (TPSA) is 92.7 Å². The van der Waals surface area contributed by atoms with Gasteiger partial charge in [-0.25, -0.2) is 8.42 Å². The number of benzene rings is 1. The molecule has 0 bridgehead atoms. The molecule has 0 saturated heterocycles. The van der Waals surface area contributed by atoms with Crippen LogP contribution < -0.4 is 4.72 Å². The summed E-state index contributed by atoms with van der Waals surface area (Å²) in [5, 5.41) is 9.11. The lowest BCUT2D eigenvalue weighted by atomic mass is 10.3. The lowest BCUT2D eigenvalue weighted by Crippen LogP contribution is -2.23. The van der Waals surface area contributed by atoms with Gasteiger partial charge in [0.25, 0.3) is 0 Å². The third-order valence-corrected chi connectivity index (χ3v) is 3.21. The number of sulfonamides is 1. The van der Waals surface area contributed by atoms with Crippen LogP contribution in [0.15, 0.2) is 18.2 Å². The number of methoxy groups -OCH3 is 1. The number of halogens is 1. The SMILES string of the molecule is COC(=O)CS(=O)(=O)Nc1ccc(O)cc1Cl. The summed E-state index contributed by atoms with van der Waals surface area (Å²) in [4.78, 5) is 10.8. The van der Waals surface area contributed by atoms with Crippen LogP contribution in [0.2, 0.25) is 5.02 Å². The standard InChI is InChI=1S/C9H10ClNO5S/c1-16-9(13)5-17(14,15)11-8-3-2-6(12)4-7(8)10/h2-4,11-12H,5H2,1H3. The third-order valence-electron chi connectivity index (χ3n) is 1.75. The van der Waals surface area contributed by atoms with Gasteiger partial charge in [0.15, 0.2) is 5.75 Å². The second kappa shape index (κ2) is 5.24. The molecule has 0 saturated carbocycles. The Balaban J connectivity index is 2.87. The number of phenolic OH excluding ortho intramolecular Hbond substituents is 1. The molecule has 0 aliphatic carbocycles. The van der Waals surface area contributed by atoms with Gasteiger partial charge < -0.3 is 9.84 Å². The van der Waals surface area contributed by atoms with Crippen LogP contribution in [0.4, 0.5) is 5.69 Å². The molecule has 6 nitrogen and oxygen atoms in total. The maximum atomic E-state index is 11.5. The van der Waals surface area contributed by atoms with E-state index in [-0.39, 0.29) is 16.5 Å². The molecule has 17 heavy (non-hydrogen) atoms. The summed E-state index contributed by atoms with van der Waals surface area (Å²) in [6.07, 6.45) is 0. The van der Waals surface area contributed by atoms with Crippen molar-refractivity contribution in [3.63, 3.8) is 0 Å². The van der Waals surface area contributed by atoms with Gasteiger partial charge in [0.05, 0.1) is 17.8 Å². The van der Waals surface area contributed by atoms with Crippen molar-refractivity contribution in [2.24, 2.45) is 0 Å². The first kappa shape index (κ1) is 13.6. The summed E-state index contributed by atoms with van der Waals surface area (Å²) < 4.78 is 29.3. The summed E-state index contributed by atoms with van der Waals surface area (Å²) in [6, 6.07) is 3.73. The molecule has 2 N–H and O–H groups in total. The number of hydrogen-bond donors (Lipinski definition) is 2. The number of rotatable bonds is 4. The number of ether oxygens (including phenoxy) is 1. The predicted molar refractivity (Wildman–Crippen MR) is 62.5 cm³/mol. The number of anilines is 1.